The molecule has 0 unspecified atom stereocenters. The van der Waals surface area contributed by atoms with Crippen molar-refractivity contribution in [2.24, 2.45) is 0 Å². The molecule has 2 heterocycles. The zero-order chi connectivity index (χ0) is 14.8. The van der Waals surface area contributed by atoms with E-state index in [0.29, 0.717) is 5.92 Å². The number of nitrogens with zero attached hydrogens (tertiary/aromatic N) is 2. The van der Waals surface area contributed by atoms with Crippen molar-refractivity contribution in [1.29, 1.82) is 0 Å². The highest BCUT2D eigenvalue weighted by atomic mass is 15.0. The van der Waals surface area contributed by atoms with Gasteiger partial charge in [0.15, 0.2) is 0 Å². The van der Waals surface area contributed by atoms with E-state index in [1.807, 2.05) is 13.0 Å². The fourth-order valence-electron chi connectivity index (χ4n) is 2.70. The van der Waals surface area contributed by atoms with Gasteiger partial charge in [-0.25, -0.2) is 9.97 Å². The Hall–Kier alpha value is -1.94. The minimum Gasteiger partial charge on any atom is -0.340 e. The molecule has 0 bridgehead atoms. The van der Waals surface area contributed by atoms with Crippen molar-refractivity contribution in [3.63, 3.8) is 0 Å². The predicted octanol–water partition coefficient (Wildman–Crippen LogP) is 3.30. The van der Waals surface area contributed by atoms with Gasteiger partial charge < -0.3 is 10.6 Å². The SMILES string of the molecule is Cc1cc(Nc2cccc3c2CCNC3)nc(C(C)C)n1. The average molecular weight is 282 g/mol. The van der Waals surface area contributed by atoms with Gasteiger partial charge in [-0.2, -0.15) is 0 Å². The zero-order valence-electron chi connectivity index (χ0n) is 12.9. The normalized spacial score (nSPS) is 14.1. The van der Waals surface area contributed by atoms with Crippen LogP contribution in [-0.2, 0) is 13.0 Å². The van der Waals surface area contributed by atoms with Gasteiger partial charge in [-0.1, -0.05) is 26.0 Å². The van der Waals surface area contributed by atoms with E-state index >= 15 is 0 Å². The zero-order valence-corrected chi connectivity index (χ0v) is 12.9. The molecule has 0 aliphatic carbocycles. The molecule has 4 heteroatoms. The molecule has 1 aromatic heterocycles. The number of hydrogen-bond donors (Lipinski definition) is 2. The standard InChI is InChI=1S/C17H22N4/c1-11(2)17-19-12(3)9-16(21-17)20-15-6-4-5-13-10-18-8-7-14(13)15/h4-6,9,11,18H,7-8,10H2,1-3H3,(H,19,20,21). The molecular weight excluding hydrogens is 260 g/mol. The Morgan fingerprint density at radius 3 is 2.90 bits per heavy atom. The molecule has 1 aliphatic rings. The van der Waals surface area contributed by atoms with Crippen LogP contribution in [-0.4, -0.2) is 16.5 Å². The van der Waals surface area contributed by atoms with Crippen molar-refractivity contribution in [3.05, 3.63) is 46.9 Å². The molecule has 3 rings (SSSR count). The number of hydrogen-bond acceptors (Lipinski definition) is 4. The van der Waals surface area contributed by atoms with Gasteiger partial charge in [0.05, 0.1) is 0 Å². The van der Waals surface area contributed by atoms with Crippen molar-refractivity contribution < 1.29 is 0 Å². The van der Waals surface area contributed by atoms with E-state index in [-0.39, 0.29) is 0 Å². The van der Waals surface area contributed by atoms with Crippen molar-refractivity contribution in [2.75, 3.05) is 11.9 Å². The van der Waals surface area contributed by atoms with E-state index in [4.69, 9.17) is 0 Å². The molecule has 2 aromatic rings. The highest BCUT2D eigenvalue weighted by molar-refractivity contribution is 5.63. The lowest BCUT2D eigenvalue weighted by atomic mass is 9.99. The second kappa shape index (κ2) is 5.82. The summed E-state index contributed by atoms with van der Waals surface area (Å²) in [5.74, 6) is 2.11. The second-order valence-electron chi connectivity index (χ2n) is 5.90. The van der Waals surface area contributed by atoms with Crippen LogP contribution in [0.15, 0.2) is 24.3 Å². The van der Waals surface area contributed by atoms with Crippen LogP contribution in [0, 0.1) is 6.92 Å². The minimum atomic E-state index is 0.333. The summed E-state index contributed by atoms with van der Waals surface area (Å²) in [5.41, 5.74) is 4.95. The summed E-state index contributed by atoms with van der Waals surface area (Å²) in [6.45, 7) is 8.24. The van der Waals surface area contributed by atoms with E-state index < -0.39 is 0 Å². The van der Waals surface area contributed by atoms with Crippen LogP contribution in [0.3, 0.4) is 0 Å². The summed E-state index contributed by atoms with van der Waals surface area (Å²) in [6.07, 6.45) is 1.06. The maximum Gasteiger partial charge on any atom is 0.134 e. The third-order valence-electron chi connectivity index (χ3n) is 3.79. The Balaban J connectivity index is 1.94. The Kier molecular flexibility index (Phi) is 3.88. The minimum absolute atomic E-state index is 0.333. The van der Waals surface area contributed by atoms with Crippen molar-refractivity contribution in [2.45, 2.75) is 39.7 Å². The second-order valence-corrected chi connectivity index (χ2v) is 5.90. The number of aryl methyl sites for hydroxylation is 1. The Morgan fingerprint density at radius 2 is 2.10 bits per heavy atom. The number of benzene rings is 1. The predicted molar refractivity (Wildman–Crippen MR) is 86.0 cm³/mol. The molecular formula is C17H22N4. The monoisotopic (exact) mass is 282 g/mol. The van der Waals surface area contributed by atoms with E-state index in [2.05, 4.69) is 52.6 Å². The Bertz CT molecular complexity index is 649. The first-order valence-corrected chi connectivity index (χ1v) is 7.57. The number of aromatic nitrogens is 2. The Labute approximate surface area is 126 Å². The molecule has 0 fully saturated rings. The van der Waals surface area contributed by atoms with Crippen LogP contribution in [0.5, 0.6) is 0 Å². The number of anilines is 2. The lowest BCUT2D eigenvalue weighted by molar-refractivity contribution is 0.645. The van der Waals surface area contributed by atoms with Crippen LogP contribution >= 0.6 is 0 Å². The van der Waals surface area contributed by atoms with Crippen LogP contribution < -0.4 is 10.6 Å². The fourth-order valence-corrected chi connectivity index (χ4v) is 2.70. The molecule has 0 radical (unpaired) electrons. The van der Waals surface area contributed by atoms with Crippen LogP contribution in [0.1, 0.15) is 42.4 Å². The molecule has 0 amide bonds. The van der Waals surface area contributed by atoms with Crippen LogP contribution in [0.2, 0.25) is 0 Å². The van der Waals surface area contributed by atoms with Gasteiger partial charge >= 0.3 is 0 Å². The van der Waals surface area contributed by atoms with Gasteiger partial charge in [-0.15, -0.1) is 0 Å². The third kappa shape index (κ3) is 3.05. The quantitative estimate of drug-likeness (QED) is 0.907. The highest BCUT2D eigenvalue weighted by Gasteiger charge is 2.13. The van der Waals surface area contributed by atoms with E-state index in [0.717, 1.165) is 36.8 Å². The van der Waals surface area contributed by atoms with Gasteiger partial charge in [0.2, 0.25) is 0 Å². The van der Waals surface area contributed by atoms with Gasteiger partial charge in [0.1, 0.15) is 11.6 Å². The number of rotatable bonds is 3. The summed E-state index contributed by atoms with van der Waals surface area (Å²) < 4.78 is 0. The lowest BCUT2D eigenvalue weighted by Gasteiger charge is -2.21. The van der Waals surface area contributed by atoms with Crippen LogP contribution in [0.25, 0.3) is 0 Å². The lowest BCUT2D eigenvalue weighted by Crippen LogP contribution is -2.24. The molecule has 110 valence electrons. The van der Waals surface area contributed by atoms with Crippen molar-refractivity contribution in [1.82, 2.24) is 15.3 Å². The number of fused-ring (bicyclic) bond motifs is 1. The molecule has 21 heavy (non-hydrogen) atoms. The summed E-state index contributed by atoms with van der Waals surface area (Å²) >= 11 is 0. The fraction of sp³-hybridized carbons (Fsp3) is 0.412. The molecule has 0 saturated carbocycles. The van der Waals surface area contributed by atoms with Gasteiger partial charge in [0, 0.05) is 29.9 Å². The molecule has 0 spiro atoms. The summed E-state index contributed by atoms with van der Waals surface area (Å²) in [6, 6.07) is 8.44. The van der Waals surface area contributed by atoms with Crippen LogP contribution in [0.4, 0.5) is 11.5 Å². The van der Waals surface area contributed by atoms with Gasteiger partial charge in [-0.3, -0.25) is 0 Å². The van der Waals surface area contributed by atoms with E-state index in [1.165, 1.54) is 16.8 Å². The van der Waals surface area contributed by atoms with E-state index in [9.17, 15) is 0 Å². The molecule has 2 N–H and O–H groups in total. The number of nitrogens with one attached hydrogen (secondary N) is 2. The maximum absolute atomic E-state index is 4.64. The van der Waals surface area contributed by atoms with Crippen molar-refractivity contribution in [3.8, 4) is 0 Å². The average Bonchev–Trinajstić information content (AvgIpc) is 2.47. The smallest absolute Gasteiger partial charge is 0.134 e. The first kappa shape index (κ1) is 14.0. The molecule has 0 atom stereocenters. The van der Waals surface area contributed by atoms with E-state index in [1.54, 1.807) is 0 Å². The Morgan fingerprint density at radius 1 is 1.24 bits per heavy atom. The van der Waals surface area contributed by atoms with Gasteiger partial charge in [0.25, 0.3) is 0 Å². The molecule has 1 aliphatic heterocycles. The van der Waals surface area contributed by atoms with Gasteiger partial charge in [-0.05, 0) is 37.1 Å². The molecule has 1 aromatic carbocycles. The summed E-state index contributed by atoms with van der Waals surface area (Å²) in [5, 5.41) is 6.90. The maximum atomic E-state index is 4.64. The van der Waals surface area contributed by atoms with Crippen molar-refractivity contribution >= 4 is 11.5 Å². The summed E-state index contributed by atoms with van der Waals surface area (Å²) in [7, 11) is 0. The first-order chi connectivity index (χ1) is 10.1. The molecule has 0 saturated heterocycles. The largest absolute Gasteiger partial charge is 0.340 e. The summed E-state index contributed by atoms with van der Waals surface area (Å²) in [4.78, 5) is 9.14. The third-order valence-corrected chi connectivity index (χ3v) is 3.79. The molecule has 4 nitrogen and oxygen atoms in total. The highest BCUT2D eigenvalue weighted by Crippen LogP contribution is 2.26. The topological polar surface area (TPSA) is 49.8 Å². The first-order valence-electron chi connectivity index (χ1n) is 7.57.